The van der Waals surface area contributed by atoms with Crippen LogP contribution >= 0.6 is 0 Å². The van der Waals surface area contributed by atoms with Crippen LogP contribution in [0, 0.1) is 5.41 Å². The molecule has 1 fully saturated rings. The van der Waals surface area contributed by atoms with E-state index >= 15 is 0 Å². The average Bonchev–Trinajstić information content (AvgIpc) is 2.87. The van der Waals surface area contributed by atoms with Gasteiger partial charge in [0.2, 0.25) is 5.91 Å². The number of hydrogen-bond acceptors (Lipinski definition) is 6. The maximum absolute atomic E-state index is 12.7. The van der Waals surface area contributed by atoms with Crippen LogP contribution in [0.3, 0.4) is 0 Å². The van der Waals surface area contributed by atoms with Crippen molar-refractivity contribution in [1.29, 1.82) is 5.41 Å². The molecule has 7 nitrogen and oxygen atoms in total. The quantitative estimate of drug-likeness (QED) is 0.438. The van der Waals surface area contributed by atoms with Gasteiger partial charge in [-0.25, -0.2) is 0 Å². The molecular weight excluding hydrogens is 473 g/mol. The van der Waals surface area contributed by atoms with E-state index in [4.69, 9.17) is 14.9 Å². The predicted octanol–water partition coefficient (Wildman–Crippen LogP) is 4.44. The summed E-state index contributed by atoms with van der Waals surface area (Å²) in [6, 6.07) is 9.98. The fourth-order valence-electron chi connectivity index (χ4n) is 3.69. The highest BCUT2D eigenvalue weighted by molar-refractivity contribution is 5.93. The van der Waals surface area contributed by atoms with Crippen molar-refractivity contribution in [2.24, 2.45) is 0 Å². The fourth-order valence-corrected chi connectivity index (χ4v) is 3.69. The number of carbonyl (C=O) groups is 1. The van der Waals surface area contributed by atoms with Crippen molar-refractivity contribution in [2.45, 2.75) is 19.5 Å². The summed E-state index contributed by atoms with van der Waals surface area (Å²) >= 11 is 0. The normalized spacial score (nSPS) is 14.4. The SMILES string of the molecule is C/C=C(\NC)c1cc(NC(=O)Cc2ccc(C(F)(F)F)cc2)ccc1OCCN1CCOCC1.C=N. The number of rotatable bonds is 9. The Morgan fingerprint density at radius 1 is 1.17 bits per heavy atom. The first kappa shape index (κ1) is 28.9. The van der Waals surface area contributed by atoms with Crippen molar-refractivity contribution in [2.75, 3.05) is 51.8 Å². The van der Waals surface area contributed by atoms with Crippen LogP contribution in [0.25, 0.3) is 5.70 Å². The first-order chi connectivity index (χ1) is 17.3. The molecule has 2 aromatic rings. The van der Waals surface area contributed by atoms with Crippen LogP contribution in [0.15, 0.2) is 48.5 Å². The van der Waals surface area contributed by atoms with Gasteiger partial charge in [0, 0.05) is 43.6 Å². The van der Waals surface area contributed by atoms with E-state index < -0.39 is 11.7 Å². The smallest absolute Gasteiger partial charge is 0.416 e. The highest BCUT2D eigenvalue weighted by Gasteiger charge is 2.30. The number of amides is 1. The summed E-state index contributed by atoms with van der Waals surface area (Å²) < 4.78 is 49.6. The number of morpholine rings is 1. The predicted molar refractivity (Wildman–Crippen MR) is 136 cm³/mol. The number of benzene rings is 2. The molecule has 1 heterocycles. The van der Waals surface area contributed by atoms with Gasteiger partial charge in [-0.1, -0.05) is 18.2 Å². The summed E-state index contributed by atoms with van der Waals surface area (Å²) in [5, 5.41) is 11.5. The summed E-state index contributed by atoms with van der Waals surface area (Å²) in [4.78, 5) is 14.8. The van der Waals surface area contributed by atoms with Crippen molar-refractivity contribution in [3.63, 3.8) is 0 Å². The van der Waals surface area contributed by atoms with Crippen molar-refractivity contribution >= 4 is 24.0 Å². The Bertz CT molecular complexity index is 1000. The van der Waals surface area contributed by atoms with Crippen LogP contribution in [0.2, 0.25) is 0 Å². The van der Waals surface area contributed by atoms with E-state index in [0.717, 1.165) is 56.2 Å². The molecule has 0 saturated carbocycles. The first-order valence-corrected chi connectivity index (χ1v) is 11.5. The standard InChI is InChI=1S/C25H30F3N3O3.CH3N/c1-3-22(29-2)21-17-20(8-9-23(21)34-15-12-31-10-13-33-14-11-31)30-24(32)16-18-4-6-19(7-5-18)25(26,27)28;1-2/h3-9,17,29H,10-16H2,1-2H3,(H,30,32);2H,1H2/b22-3-;. The summed E-state index contributed by atoms with van der Waals surface area (Å²) in [6.45, 7) is 8.95. The monoisotopic (exact) mass is 506 g/mol. The van der Waals surface area contributed by atoms with E-state index in [9.17, 15) is 18.0 Å². The number of nitrogens with one attached hydrogen (secondary N) is 3. The molecule has 1 aliphatic rings. The lowest BCUT2D eigenvalue weighted by molar-refractivity contribution is -0.137. The maximum Gasteiger partial charge on any atom is 0.416 e. The molecule has 0 bridgehead atoms. The van der Waals surface area contributed by atoms with Gasteiger partial charge in [-0.3, -0.25) is 9.69 Å². The number of halogens is 3. The van der Waals surface area contributed by atoms with Crippen molar-refractivity contribution < 1.29 is 27.4 Å². The second-order valence-electron chi connectivity index (χ2n) is 7.89. The average molecular weight is 507 g/mol. The molecule has 36 heavy (non-hydrogen) atoms. The first-order valence-electron chi connectivity index (χ1n) is 11.5. The molecule has 3 rings (SSSR count). The van der Waals surface area contributed by atoms with Gasteiger partial charge >= 0.3 is 6.18 Å². The minimum atomic E-state index is -4.40. The Labute approximate surface area is 209 Å². The van der Waals surface area contributed by atoms with Gasteiger partial charge in [0.15, 0.2) is 0 Å². The molecule has 0 unspecified atom stereocenters. The van der Waals surface area contributed by atoms with Crippen LogP contribution in [0.4, 0.5) is 18.9 Å². The minimum absolute atomic E-state index is 0.0340. The van der Waals surface area contributed by atoms with Crippen molar-refractivity contribution in [1.82, 2.24) is 10.2 Å². The number of carbonyl (C=O) groups excluding carboxylic acids is 1. The number of ether oxygens (including phenoxy) is 2. The lowest BCUT2D eigenvalue weighted by atomic mass is 10.1. The van der Waals surface area contributed by atoms with Crippen LogP contribution in [0.5, 0.6) is 5.75 Å². The third-order valence-corrected chi connectivity index (χ3v) is 5.53. The second kappa shape index (κ2) is 14.3. The Morgan fingerprint density at radius 3 is 2.42 bits per heavy atom. The Balaban J connectivity index is 0.00000222. The molecule has 3 N–H and O–H groups in total. The number of hydrogen-bond donors (Lipinski definition) is 3. The van der Waals surface area contributed by atoms with Gasteiger partial charge in [0.05, 0.1) is 25.2 Å². The van der Waals surface area contributed by atoms with Crippen molar-refractivity contribution in [3.05, 3.63) is 65.2 Å². The molecule has 0 aliphatic carbocycles. The van der Waals surface area contributed by atoms with E-state index in [2.05, 4.69) is 22.3 Å². The molecule has 1 amide bonds. The molecule has 2 aromatic carbocycles. The summed E-state index contributed by atoms with van der Waals surface area (Å²) in [5.74, 6) is 0.370. The third kappa shape index (κ3) is 8.69. The topological polar surface area (TPSA) is 86.7 Å². The maximum atomic E-state index is 12.7. The summed E-state index contributed by atoms with van der Waals surface area (Å²) in [5.41, 5.74) is 1.98. The molecule has 0 radical (unpaired) electrons. The van der Waals surface area contributed by atoms with Gasteiger partial charge in [-0.05, 0) is 49.5 Å². The van der Waals surface area contributed by atoms with E-state index in [1.807, 2.05) is 32.2 Å². The lowest BCUT2D eigenvalue weighted by Crippen LogP contribution is -2.38. The fraction of sp³-hybridized carbons (Fsp3) is 0.385. The number of nitrogens with zero attached hydrogens (tertiary/aromatic N) is 1. The number of allylic oxidation sites excluding steroid dienone is 1. The highest BCUT2D eigenvalue weighted by atomic mass is 19.4. The molecular formula is C26H33F3N4O3. The molecule has 1 saturated heterocycles. The molecule has 0 aromatic heterocycles. The van der Waals surface area contributed by atoms with E-state index in [1.54, 1.807) is 6.07 Å². The van der Waals surface area contributed by atoms with E-state index in [0.29, 0.717) is 23.6 Å². The zero-order chi connectivity index (χ0) is 26.6. The zero-order valence-corrected chi connectivity index (χ0v) is 20.6. The van der Waals surface area contributed by atoms with Crippen molar-refractivity contribution in [3.8, 4) is 5.75 Å². The Kier molecular flexibility index (Phi) is 11.4. The summed E-state index contributed by atoms with van der Waals surface area (Å²) in [6.07, 6.45) is -2.52. The molecule has 0 atom stereocenters. The van der Waals surface area contributed by atoms with Crippen LogP contribution in [0.1, 0.15) is 23.6 Å². The van der Waals surface area contributed by atoms with Gasteiger partial charge in [0.25, 0.3) is 0 Å². The van der Waals surface area contributed by atoms with Crippen LogP contribution in [-0.2, 0) is 22.1 Å². The third-order valence-electron chi connectivity index (χ3n) is 5.53. The van der Waals surface area contributed by atoms with E-state index in [-0.39, 0.29) is 12.3 Å². The molecule has 196 valence electrons. The summed E-state index contributed by atoms with van der Waals surface area (Å²) in [7, 11) is 1.81. The molecule has 1 aliphatic heterocycles. The lowest BCUT2D eigenvalue weighted by Gasteiger charge is -2.26. The molecule has 0 spiro atoms. The number of anilines is 1. The minimum Gasteiger partial charge on any atom is -0.492 e. The second-order valence-corrected chi connectivity index (χ2v) is 7.89. The Morgan fingerprint density at radius 2 is 1.83 bits per heavy atom. The molecule has 10 heteroatoms. The van der Waals surface area contributed by atoms with Gasteiger partial charge < -0.3 is 25.5 Å². The highest BCUT2D eigenvalue weighted by Crippen LogP contribution is 2.30. The van der Waals surface area contributed by atoms with E-state index in [1.165, 1.54) is 12.1 Å². The van der Waals surface area contributed by atoms with Crippen LogP contribution in [-0.4, -0.2) is 64.0 Å². The van der Waals surface area contributed by atoms with Gasteiger partial charge in [0.1, 0.15) is 12.4 Å². The van der Waals surface area contributed by atoms with Gasteiger partial charge in [-0.15, -0.1) is 0 Å². The number of alkyl halides is 3. The zero-order valence-electron chi connectivity index (χ0n) is 20.6. The van der Waals surface area contributed by atoms with Crippen LogP contribution < -0.4 is 15.4 Å². The van der Waals surface area contributed by atoms with Gasteiger partial charge in [-0.2, -0.15) is 13.2 Å². The largest absolute Gasteiger partial charge is 0.492 e. The Hall–Kier alpha value is -3.37.